The van der Waals surface area contributed by atoms with E-state index in [9.17, 15) is 5.11 Å². The number of nitrogens with zero attached hydrogens (tertiary/aromatic N) is 4. The lowest BCUT2D eigenvalue weighted by atomic mass is 10.1. The van der Waals surface area contributed by atoms with E-state index in [1.807, 2.05) is 66.9 Å². The molecule has 0 bridgehead atoms. The first-order chi connectivity index (χ1) is 12.7. The highest BCUT2D eigenvalue weighted by atomic mass is 16.3. The molecule has 3 aromatic rings. The molecular formula is C19H24N6O. The average molecular weight is 352 g/mol. The Hall–Kier alpha value is -2.93. The van der Waals surface area contributed by atoms with Gasteiger partial charge in [0, 0.05) is 19.3 Å². The molecule has 7 nitrogen and oxygen atoms in total. The topological polar surface area (TPSA) is 86.8 Å². The van der Waals surface area contributed by atoms with E-state index in [2.05, 4.69) is 25.8 Å². The number of hydrogen-bond acceptors (Lipinski definition) is 4. The summed E-state index contributed by atoms with van der Waals surface area (Å²) >= 11 is 0. The lowest BCUT2D eigenvalue weighted by molar-refractivity contribution is 0.181. The van der Waals surface area contributed by atoms with Crippen LogP contribution < -0.4 is 10.6 Å². The molecule has 3 N–H and O–H groups in total. The van der Waals surface area contributed by atoms with Crippen LogP contribution in [-0.2, 0) is 6.54 Å². The number of pyridine rings is 1. The van der Waals surface area contributed by atoms with Gasteiger partial charge in [0.1, 0.15) is 6.54 Å². The van der Waals surface area contributed by atoms with Crippen molar-refractivity contribution in [3.63, 3.8) is 0 Å². The monoisotopic (exact) mass is 352 g/mol. The lowest BCUT2D eigenvalue weighted by Gasteiger charge is -2.15. The smallest absolute Gasteiger partial charge is 0.191 e. The van der Waals surface area contributed by atoms with Crippen LogP contribution in [0, 0.1) is 6.92 Å². The molecule has 0 aliphatic rings. The molecule has 1 unspecified atom stereocenters. The van der Waals surface area contributed by atoms with Gasteiger partial charge in [-0.3, -0.25) is 4.40 Å². The van der Waals surface area contributed by atoms with Crippen molar-refractivity contribution in [1.82, 2.24) is 25.2 Å². The minimum absolute atomic E-state index is 0.371. The predicted octanol–water partition coefficient (Wildman–Crippen LogP) is 1.83. The Balaban J connectivity index is 1.64. The molecule has 2 heterocycles. The molecule has 1 aromatic carbocycles. The Labute approximate surface area is 152 Å². The largest absolute Gasteiger partial charge is 0.387 e. The van der Waals surface area contributed by atoms with E-state index in [0.29, 0.717) is 19.0 Å². The molecule has 0 spiro atoms. The molecule has 0 aliphatic heterocycles. The number of aliphatic hydroxyl groups is 1. The number of aromatic nitrogens is 3. The molecule has 0 fully saturated rings. The number of aryl methyl sites for hydroxylation is 1. The summed E-state index contributed by atoms with van der Waals surface area (Å²) in [6, 6.07) is 13.6. The van der Waals surface area contributed by atoms with Crippen LogP contribution in [0.1, 0.15) is 30.0 Å². The van der Waals surface area contributed by atoms with Crippen molar-refractivity contribution in [2.24, 2.45) is 4.99 Å². The zero-order chi connectivity index (χ0) is 18.4. The van der Waals surface area contributed by atoms with Crippen molar-refractivity contribution in [2.75, 3.05) is 13.1 Å². The molecule has 0 aliphatic carbocycles. The second-order valence-corrected chi connectivity index (χ2v) is 6.05. The highest BCUT2D eigenvalue weighted by Crippen LogP contribution is 2.12. The van der Waals surface area contributed by atoms with Gasteiger partial charge in [0.2, 0.25) is 0 Å². The van der Waals surface area contributed by atoms with Crippen LogP contribution in [0.25, 0.3) is 5.65 Å². The molecule has 26 heavy (non-hydrogen) atoms. The van der Waals surface area contributed by atoms with Crippen LogP contribution in [0.15, 0.2) is 53.7 Å². The summed E-state index contributed by atoms with van der Waals surface area (Å²) < 4.78 is 1.91. The summed E-state index contributed by atoms with van der Waals surface area (Å²) in [6.45, 7) is 5.52. The average Bonchev–Trinajstić information content (AvgIpc) is 3.07. The maximum Gasteiger partial charge on any atom is 0.191 e. The molecule has 0 saturated carbocycles. The van der Waals surface area contributed by atoms with Gasteiger partial charge in [-0.25, -0.2) is 4.99 Å². The summed E-state index contributed by atoms with van der Waals surface area (Å²) in [6.07, 6.45) is 1.31. The summed E-state index contributed by atoms with van der Waals surface area (Å²) in [7, 11) is 0. The van der Waals surface area contributed by atoms with Gasteiger partial charge < -0.3 is 15.7 Å². The number of benzene rings is 1. The predicted molar refractivity (Wildman–Crippen MR) is 102 cm³/mol. The lowest BCUT2D eigenvalue weighted by Crippen LogP contribution is -2.39. The van der Waals surface area contributed by atoms with Crippen molar-refractivity contribution < 1.29 is 5.11 Å². The van der Waals surface area contributed by atoms with Gasteiger partial charge in [-0.2, -0.15) is 0 Å². The molecule has 0 radical (unpaired) electrons. The normalized spacial score (nSPS) is 13.0. The van der Waals surface area contributed by atoms with E-state index in [0.717, 1.165) is 23.6 Å². The van der Waals surface area contributed by atoms with Gasteiger partial charge in [-0.15, -0.1) is 10.2 Å². The fourth-order valence-corrected chi connectivity index (χ4v) is 2.59. The Bertz CT molecular complexity index is 871. The summed E-state index contributed by atoms with van der Waals surface area (Å²) in [5.74, 6) is 1.39. The van der Waals surface area contributed by atoms with E-state index in [1.165, 1.54) is 5.56 Å². The zero-order valence-corrected chi connectivity index (χ0v) is 15.1. The number of hydrogen-bond donors (Lipinski definition) is 3. The molecule has 0 saturated heterocycles. The fourth-order valence-electron chi connectivity index (χ4n) is 2.59. The number of aliphatic hydroxyl groups excluding tert-OH is 1. The number of nitrogens with one attached hydrogen (secondary N) is 2. The van der Waals surface area contributed by atoms with Crippen molar-refractivity contribution in [2.45, 2.75) is 26.5 Å². The first-order valence-corrected chi connectivity index (χ1v) is 8.73. The van der Waals surface area contributed by atoms with Crippen molar-refractivity contribution >= 4 is 11.6 Å². The van der Waals surface area contributed by atoms with Gasteiger partial charge >= 0.3 is 0 Å². The Kier molecular flexibility index (Phi) is 5.80. The minimum atomic E-state index is -0.603. The zero-order valence-electron chi connectivity index (χ0n) is 15.1. The second-order valence-electron chi connectivity index (χ2n) is 6.05. The van der Waals surface area contributed by atoms with Crippen LogP contribution in [0.4, 0.5) is 0 Å². The van der Waals surface area contributed by atoms with Crippen molar-refractivity contribution in [1.29, 1.82) is 0 Å². The molecule has 2 aromatic heterocycles. The molecule has 136 valence electrons. The maximum absolute atomic E-state index is 10.4. The van der Waals surface area contributed by atoms with Crippen molar-refractivity contribution in [3.05, 3.63) is 65.6 Å². The SMILES string of the molecule is CCNC(=NCc1nnc2ccccn12)NCC(O)c1ccc(C)cc1. The van der Waals surface area contributed by atoms with E-state index >= 15 is 0 Å². The van der Waals surface area contributed by atoms with Crippen LogP contribution in [0.2, 0.25) is 0 Å². The Morgan fingerprint density at radius 2 is 1.96 bits per heavy atom. The first-order valence-electron chi connectivity index (χ1n) is 8.73. The first kappa shape index (κ1) is 17.9. The van der Waals surface area contributed by atoms with Crippen LogP contribution in [0.5, 0.6) is 0 Å². The minimum Gasteiger partial charge on any atom is -0.387 e. The van der Waals surface area contributed by atoms with E-state index < -0.39 is 6.10 Å². The third-order valence-electron chi connectivity index (χ3n) is 4.03. The maximum atomic E-state index is 10.4. The highest BCUT2D eigenvalue weighted by Gasteiger charge is 2.09. The number of guanidine groups is 1. The van der Waals surface area contributed by atoms with Crippen LogP contribution in [0.3, 0.4) is 0 Å². The standard InChI is InChI=1S/C19H24N6O/c1-3-20-19(21-12-16(26)15-9-7-14(2)8-10-15)22-13-18-24-23-17-6-4-5-11-25(17)18/h4-11,16,26H,3,12-13H2,1-2H3,(H2,20,21,22). The van der Waals surface area contributed by atoms with Gasteiger partial charge in [0.15, 0.2) is 17.4 Å². The Morgan fingerprint density at radius 3 is 2.73 bits per heavy atom. The van der Waals surface area contributed by atoms with Gasteiger partial charge in [0.05, 0.1) is 6.10 Å². The number of rotatable bonds is 6. The second kappa shape index (κ2) is 8.44. The molecule has 3 rings (SSSR count). The van der Waals surface area contributed by atoms with Crippen molar-refractivity contribution in [3.8, 4) is 0 Å². The molecule has 0 amide bonds. The summed E-state index contributed by atoms with van der Waals surface area (Å²) in [5, 5.41) is 25.0. The van der Waals surface area contributed by atoms with Gasteiger partial charge in [-0.05, 0) is 31.5 Å². The number of fused-ring (bicyclic) bond motifs is 1. The fraction of sp³-hybridized carbons (Fsp3) is 0.316. The third-order valence-corrected chi connectivity index (χ3v) is 4.03. The van der Waals surface area contributed by atoms with Crippen LogP contribution in [-0.4, -0.2) is 38.8 Å². The van der Waals surface area contributed by atoms with Crippen LogP contribution >= 0.6 is 0 Å². The van der Waals surface area contributed by atoms with E-state index in [1.54, 1.807) is 0 Å². The van der Waals surface area contributed by atoms with Gasteiger partial charge in [-0.1, -0.05) is 35.9 Å². The summed E-state index contributed by atoms with van der Waals surface area (Å²) in [4.78, 5) is 4.55. The third kappa shape index (κ3) is 4.37. The molecule has 7 heteroatoms. The quantitative estimate of drug-likeness (QED) is 0.465. The molecular weight excluding hydrogens is 328 g/mol. The Morgan fingerprint density at radius 1 is 1.15 bits per heavy atom. The highest BCUT2D eigenvalue weighted by molar-refractivity contribution is 5.79. The number of aliphatic imine (C=N–C) groups is 1. The summed E-state index contributed by atoms with van der Waals surface area (Å²) in [5.41, 5.74) is 2.84. The van der Waals surface area contributed by atoms with E-state index in [4.69, 9.17) is 0 Å². The van der Waals surface area contributed by atoms with Gasteiger partial charge in [0.25, 0.3) is 0 Å². The molecule has 1 atom stereocenters. The van der Waals surface area contributed by atoms with E-state index in [-0.39, 0.29) is 0 Å².